The van der Waals surface area contributed by atoms with Gasteiger partial charge in [-0.15, -0.1) is 0 Å². The van der Waals surface area contributed by atoms with Crippen molar-refractivity contribution in [3.8, 4) is 0 Å². The van der Waals surface area contributed by atoms with Crippen molar-refractivity contribution in [2.24, 2.45) is 0 Å². The molecule has 4 nitrogen and oxygen atoms in total. The Morgan fingerprint density at radius 3 is 2.53 bits per heavy atom. The van der Waals surface area contributed by atoms with Gasteiger partial charge >= 0.3 is 0 Å². The van der Waals surface area contributed by atoms with E-state index in [4.69, 9.17) is 4.84 Å². The lowest BCUT2D eigenvalue weighted by molar-refractivity contribution is 0.107. The summed E-state index contributed by atoms with van der Waals surface area (Å²) in [6.07, 6.45) is 0. The molecule has 0 aromatic heterocycles. The second-order valence-electron chi connectivity index (χ2n) is 4.46. The van der Waals surface area contributed by atoms with Crippen LogP contribution in [0, 0.1) is 0 Å². The first kappa shape index (κ1) is 12.4. The van der Waals surface area contributed by atoms with E-state index in [1.165, 1.54) is 0 Å². The highest BCUT2D eigenvalue weighted by Crippen LogP contribution is 2.04. The molecular formula is C13H21N3O. The number of benzene rings is 1. The number of anilines is 1. The predicted octanol–water partition coefficient (Wildman–Crippen LogP) is 1.28. The Labute approximate surface area is 103 Å². The van der Waals surface area contributed by atoms with Crippen LogP contribution in [0.15, 0.2) is 30.3 Å². The van der Waals surface area contributed by atoms with Crippen LogP contribution < -0.4 is 5.48 Å². The van der Waals surface area contributed by atoms with Gasteiger partial charge in [0.15, 0.2) is 0 Å². The van der Waals surface area contributed by atoms with Gasteiger partial charge in [-0.2, -0.15) is 0 Å². The van der Waals surface area contributed by atoms with E-state index < -0.39 is 0 Å². The van der Waals surface area contributed by atoms with Gasteiger partial charge in [0, 0.05) is 32.7 Å². The third-order valence-corrected chi connectivity index (χ3v) is 3.07. The fourth-order valence-corrected chi connectivity index (χ4v) is 1.89. The standard InChI is InChI=1S/C13H21N3O/c1-15-7-9-16(10-8-15)11-12-17-14-13-5-3-2-4-6-13/h2-6,14H,7-12H2,1H3. The predicted molar refractivity (Wildman–Crippen MR) is 70.0 cm³/mol. The van der Waals surface area contributed by atoms with Gasteiger partial charge in [-0.3, -0.25) is 15.2 Å². The molecule has 0 aliphatic carbocycles. The number of hydrogen-bond acceptors (Lipinski definition) is 4. The Morgan fingerprint density at radius 1 is 1.12 bits per heavy atom. The summed E-state index contributed by atoms with van der Waals surface area (Å²) in [5.74, 6) is 0. The highest BCUT2D eigenvalue weighted by Gasteiger charge is 2.12. The fraction of sp³-hybridized carbons (Fsp3) is 0.538. The van der Waals surface area contributed by atoms with Gasteiger partial charge in [0.05, 0.1) is 12.3 Å². The van der Waals surface area contributed by atoms with Crippen molar-refractivity contribution in [1.82, 2.24) is 9.80 Å². The van der Waals surface area contributed by atoms with Gasteiger partial charge in [-0.1, -0.05) is 18.2 Å². The topological polar surface area (TPSA) is 27.7 Å². The second kappa shape index (κ2) is 6.59. The van der Waals surface area contributed by atoms with Gasteiger partial charge in [-0.05, 0) is 19.2 Å². The molecular weight excluding hydrogens is 214 g/mol. The van der Waals surface area contributed by atoms with Gasteiger partial charge in [0.2, 0.25) is 0 Å². The first-order valence-electron chi connectivity index (χ1n) is 6.18. The summed E-state index contributed by atoms with van der Waals surface area (Å²) in [4.78, 5) is 10.2. The molecule has 0 amide bonds. The van der Waals surface area contributed by atoms with Crippen molar-refractivity contribution in [3.63, 3.8) is 0 Å². The van der Waals surface area contributed by atoms with Gasteiger partial charge in [0.25, 0.3) is 0 Å². The zero-order valence-electron chi connectivity index (χ0n) is 10.4. The van der Waals surface area contributed by atoms with Crippen LogP contribution in [-0.4, -0.2) is 56.2 Å². The smallest absolute Gasteiger partial charge is 0.0873 e. The monoisotopic (exact) mass is 235 g/mol. The molecule has 1 aliphatic heterocycles. The first-order valence-corrected chi connectivity index (χ1v) is 6.18. The second-order valence-corrected chi connectivity index (χ2v) is 4.46. The summed E-state index contributed by atoms with van der Waals surface area (Å²) in [5, 5.41) is 0. The largest absolute Gasteiger partial charge is 0.304 e. The summed E-state index contributed by atoms with van der Waals surface area (Å²) in [5.41, 5.74) is 3.96. The van der Waals surface area contributed by atoms with Crippen molar-refractivity contribution >= 4 is 5.69 Å². The highest BCUT2D eigenvalue weighted by molar-refractivity contribution is 5.39. The lowest BCUT2D eigenvalue weighted by Crippen LogP contribution is -2.45. The SMILES string of the molecule is CN1CCN(CCONc2ccccc2)CC1. The molecule has 1 saturated heterocycles. The zero-order valence-corrected chi connectivity index (χ0v) is 10.4. The third kappa shape index (κ3) is 4.34. The molecule has 0 bridgehead atoms. The molecule has 1 N–H and O–H groups in total. The molecule has 2 rings (SSSR count). The summed E-state index contributed by atoms with van der Waals surface area (Å²) in [6, 6.07) is 9.97. The molecule has 0 spiro atoms. The van der Waals surface area contributed by atoms with Crippen molar-refractivity contribution in [2.45, 2.75) is 0 Å². The highest BCUT2D eigenvalue weighted by atomic mass is 16.6. The van der Waals surface area contributed by atoms with E-state index >= 15 is 0 Å². The maximum Gasteiger partial charge on any atom is 0.0873 e. The van der Waals surface area contributed by atoms with Crippen molar-refractivity contribution in [2.75, 3.05) is 51.9 Å². The molecule has 1 aliphatic rings. The summed E-state index contributed by atoms with van der Waals surface area (Å²) in [6.45, 7) is 6.32. The van der Waals surface area contributed by atoms with Gasteiger partial charge < -0.3 is 4.90 Å². The number of rotatable bonds is 5. The van der Waals surface area contributed by atoms with Gasteiger partial charge in [0.1, 0.15) is 0 Å². The Kier molecular flexibility index (Phi) is 4.79. The fourth-order valence-electron chi connectivity index (χ4n) is 1.89. The molecule has 94 valence electrons. The number of para-hydroxylation sites is 1. The third-order valence-electron chi connectivity index (χ3n) is 3.07. The van der Waals surface area contributed by atoms with Crippen LogP contribution in [0.5, 0.6) is 0 Å². The minimum absolute atomic E-state index is 0.721. The van der Waals surface area contributed by atoms with Gasteiger partial charge in [-0.25, -0.2) is 0 Å². The molecule has 1 aromatic rings. The van der Waals surface area contributed by atoms with Crippen LogP contribution >= 0.6 is 0 Å². The van der Waals surface area contributed by atoms with Crippen LogP contribution in [0.25, 0.3) is 0 Å². The molecule has 1 aromatic carbocycles. The Balaban J connectivity index is 1.57. The normalized spacial score (nSPS) is 18.2. The van der Waals surface area contributed by atoms with E-state index in [9.17, 15) is 0 Å². The number of nitrogens with one attached hydrogen (secondary N) is 1. The van der Waals surface area contributed by atoms with E-state index in [0.29, 0.717) is 0 Å². The first-order chi connectivity index (χ1) is 8.34. The number of hydrogen-bond donors (Lipinski definition) is 1. The molecule has 0 atom stereocenters. The minimum atomic E-state index is 0.721. The molecule has 1 fully saturated rings. The van der Waals surface area contributed by atoms with E-state index in [0.717, 1.165) is 45.0 Å². The summed E-state index contributed by atoms with van der Waals surface area (Å²) < 4.78 is 0. The Morgan fingerprint density at radius 2 is 1.82 bits per heavy atom. The Hall–Kier alpha value is -1.10. The van der Waals surface area contributed by atoms with Crippen molar-refractivity contribution < 1.29 is 4.84 Å². The number of likely N-dealkylation sites (N-methyl/N-ethyl adjacent to an activating group) is 1. The summed E-state index contributed by atoms with van der Waals surface area (Å²) in [7, 11) is 2.17. The summed E-state index contributed by atoms with van der Waals surface area (Å²) >= 11 is 0. The van der Waals surface area contributed by atoms with E-state index in [1.807, 2.05) is 30.3 Å². The van der Waals surface area contributed by atoms with Crippen LogP contribution in [0.2, 0.25) is 0 Å². The maximum atomic E-state index is 5.44. The average Bonchev–Trinajstić information content (AvgIpc) is 2.38. The van der Waals surface area contributed by atoms with Crippen LogP contribution in [0.4, 0.5) is 5.69 Å². The molecule has 4 heteroatoms. The maximum absolute atomic E-state index is 5.44. The average molecular weight is 235 g/mol. The molecule has 1 heterocycles. The van der Waals surface area contributed by atoms with Crippen molar-refractivity contribution in [1.29, 1.82) is 0 Å². The molecule has 17 heavy (non-hydrogen) atoms. The van der Waals surface area contributed by atoms with Crippen molar-refractivity contribution in [3.05, 3.63) is 30.3 Å². The lowest BCUT2D eigenvalue weighted by Gasteiger charge is -2.32. The van der Waals surface area contributed by atoms with E-state index in [2.05, 4.69) is 22.3 Å². The molecule has 0 unspecified atom stereocenters. The molecule has 0 saturated carbocycles. The van der Waals surface area contributed by atoms with E-state index in [-0.39, 0.29) is 0 Å². The lowest BCUT2D eigenvalue weighted by atomic mass is 10.3. The quantitative estimate of drug-likeness (QED) is 0.614. The van der Waals surface area contributed by atoms with Crippen LogP contribution in [0.3, 0.4) is 0 Å². The zero-order chi connectivity index (χ0) is 11.9. The Bertz CT molecular complexity index is 310. The van der Waals surface area contributed by atoms with Crippen LogP contribution in [0.1, 0.15) is 0 Å². The minimum Gasteiger partial charge on any atom is -0.304 e. The number of nitrogens with zero attached hydrogens (tertiary/aromatic N) is 2. The molecule has 0 radical (unpaired) electrons. The van der Waals surface area contributed by atoms with E-state index in [1.54, 1.807) is 0 Å². The van der Waals surface area contributed by atoms with Crippen LogP contribution in [-0.2, 0) is 4.84 Å². The number of piperazine rings is 1.